The van der Waals surface area contributed by atoms with Crippen LogP contribution in [0.15, 0.2) is 146 Å². The van der Waals surface area contributed by atoms with Crippen molar-refractivity contribution >= 4 is 57.5 Å². The van der Waals surface area contributed by atoms with Gasteiger partial charge < -0.3 is 9.64 Å². The number of hydrogen-bond donors (Lipinski definition) is 0. The molecule has 0 N–H and O–H groups in total. The first-order valence-electron chi connectivity index (χ1n) is 15.4. The molecule has 6 aromatic carbocycles. The Kier molecular flexibility index (Phi) is 5.28. The lowest BCUT2D eigenvalue weighted by atomic mass is 9.32. The van der Waals surface area contributed by atoms with E-state index in [2.05, 4.69) is 94.7 Å². The van der Waals surface area contributed by atoms with Crippen LogP contribution in [0.25, 0.3) is 22.8 Å². The van der Waals surface area contributed by atoms with Crippen LogP contribution in [0.2, 0.25) is 0 Å². The Hall–Kier alpha value is -6.21. The molecule has 7 heteroatoms. The van der Waals surface area contributed by atoms with Crippen LogP contribution in [-0.4, -0.2) is 21.7 Å². The summed E-state index contributed by atoms with van der Waals surface area (Å²) in [5.41, 5.74) is 10.8. The van der Waals surface area contributed by atoms with Crippen molar-refractivity contribution in [2.24, 2.45) is 0 Å². The zero-order valence-corrected chi connectivity index (χ0v) is 24.6. The van der Waals surface area contributed by atoms with Gasteiger partial charge in [-0.1, -0.05) is 97.1 Å². The summed E-state index contributed by atoms with van der Waals surface area (Å²) >= 11 is 0. The van der Waals surface area contributed by atoms with E-state index < -0.39 is 0 Å². The first-order valence-corrected chi connectivity index (χ1v) is 15.4. The summed E-state index contributed by atoms with van der Waals surface area (Å²) in [6.07, 6.45) is 0. The molecule has 0 saturated carbocycles. The minimum absolute atomic E-state index is 0.00223. The van der Waals surface area contributed by atoms with Gasteiger partial charge >= 0.3 is 0 Å². The van der Waals surface area contributed by atoms with Crippen molar-refractivity contribution < 1.29 is 4.74 Å². The number of ether oxygens (including phenoxy) is 1. The Morgan fingerprint density at radius 1 is 0.413 bits per heavy atom. The second-order valence-corrected chi connectivity index (χ2v) is 11.6. The smallest absolute Gasteiger partial charge is 0.261 e. The Labute approximate surface area is 266 Å². The lowest BCUT2D eigenvalue weighted by Gasteiger charge is -2.45. The highest BCUT2D eigenvalue weighted by atomic mass is 16.5. The molecule has 10 rings (SSSR count). The number of benzene rings is 6. The molecule has 0 atom stereocenters. The molecule has 0 spiro atoms. The van der Waals surface area contributed by atoms with Gasteiger partial charge in [-0.05, 0) is 64.9 Å². The topological polar surface area (TPSA) is 54.4 Å². The first kappa shape index (κ1) is 25.2. The molecular formula is C39H24BN5O. The summed E-state index contributed by atoms with van der Waals surface area (Å²) in [4.78, 5) is 19.8. The Morgan fingerprint density at radius 3 is 1.43 bits per heavy atom. The lowest BCUT2D eigenvalue weighted by Crippen LogP contribution is -2.63. The van der Waals surface area contributed by atoms with Crippen LogP contribution in [0.1, 0.15) is 0 Å². The van der Waals surface area contributed by atoms with Crippen LogP contribution in [-0.2, 0) is 0 Å². The van der Waals surface area contributed by atoms with Gasteiger partial charge in [0.05, 0.1) is 0 Å². The van der Waals surface area contributed by atoms with Crippen molar-refractivity contribution in [2.75, 3.05) is 9.80 Å². The van der Waals surface area contributed by atoms with Crippen molar-refractivity contribution in [1.29, 1.82) is 0 Å². The van der Waals surface area contributed by atoms with Gasteiger partial charge in [0.1, 0.15) is 11.5 Å². The predicted molar refractivity (Wildman–Crippen MR) is 185 cm³/mol. The number of nitrogens with zero attached hydrogens (tertiary/aromatic N) is 5. The molecule has 4 heterocycles. The molecule has 3 aliphatic rings. The van der Waals surface area contributed by atoms with E-state index in [1.54, 1.807) is 0 Å². The molecule has 0 saturated heterocycles. The normalized spacial score (nSPS) is 13.3. The highest BCUT2D eigenvalue weighted by molar-refractivity contribution is 7.01. The molecule has 6 nitrogen and oxygen atoms in total. The SMILES string of the molecule is c1ccc(-c2nc(-c3ccccc3)nc(N3c4cccc5c4B4c6c(cccc6N(c6ccccc6)c6cccc3c64)O5)n2)cc1. The highest BCUT2D eigenvalue weighted by Gasteiger charge is 2.48. The minimum atomic E-state index is -0.00223. The standard InChI is InChI=1S/C39H24BN5O/c1-4-13-25(14-5-1)37-41-38(26-15-6-2-7-16-26)43-39(42-37)45-29-20-10-19-28-34(29)40-35-30(44(28)27-17-8-3-9-18-27)21-11-23-32(35)46-33-24-12-22-31(45)36(33)40/h1-24H. The number of para-hydroxylation sites is 1. The Morgan fingerprint density at radius 2 is 0.870 bits per heavy atom. The van der Waals surface area contributed by atoms with Crippen LogP contribution < -0.4 is 30.9 Å². The molecule has 0 bridgehead atoms. The molecule has 0 fully saturated rings. The minimum Gasteiger partial charge on any atom is -0.458 e. The summed E-state index contributed by atoms with van der Waals surface area (Å²) < 4.78 is 6.70. The van der Waals surface area contributed by atoms with E-state index in [1.807, 2.05) is 60.7 Å². The summed E-state index contributed by atoms with van der Waals surface area (Å²) in [7, 11) is 0. The summed E-state index contributed by atoms with van der Waals surface area (Å²) in [6.45, 7) is -0.00223. The fraction of sp³-hybridized carbons (Fsp3) is 0. The largest absolute Gasteiger partial charge is 0.458 e. The highest BCUT2D eigenvalue weighted by Crippen LogP contribution is 2.47. The fourth-order valence-corrected chi connectivity index (χ4v) is 7.22. The van der Waals surface area contributed by atoms with E-state index in [4.69, 9.17) is 19.7 Å². The molecule has 3 aliphatic heterocycles. The summed E-state index contributed by atoms with van der Waals surface area (Å²) in [5.74, 6) is 3.54. The molecule has 214 valence electrons. The quantitative estimate of drug-likeness (QED) is 0.200. The van der Waals surface area contributed by atoms with E-state index >= 15 is 0 Å². The first-order chi connectivity index (χ1) is 22.8. The van der Waals surface area contributed by atoms with Crippen molar-refractivity contribution in [3.05, 3.63) is 146 Å². The van der Waals surface area contributed by atoms with E-state index in [9.17, 15) is 0 Å². The van der Waals surface area contributed by atoms with Gasteiger partial charge in [0.25, 0.3) is 6.71 Å². The molecule has 0 radical (unpaired) electrons. The lowest BCUT2D eigenvalue weighted by molar-refractivity contribution is 0.487. The second-order valence-electron chi connectivity index (χ2n) is 11.6. The van der Waals surface area contributed by atoms with Crippen LogP contribution in [0.4, 0.5) is 34.4 Å². The molecule has 46 heavy (non-hydrogen) atoms. The number of anilines is 6. The van der Waals surface area contributed by atoms with Crippen LogP contribution in [0.3, 0.4) is 0 Å². The maximum atomic E-state index is 6.70. The maximum Gasteiger partial charge on any atom is 0.261 e. The average Bonchev–Trinajstić information content (AvgIpc) is 3.13. The zero-order valence-electron chi connectivity index (χ0n) is 24.6. The van der Waals surface area contributed by atoms with E-state index in [1.165, 1.54) is 10.9 Å². The van der Waals surface area contributed by atoms with E-state index in [0.717, 1.165) is 56.5 Å². The average molecular weight is 589 g/mol. The van der Waals surface area contributed by atoms with Gasteiger partial charge in [-0.25, -0.2) is 4.98 Å². The van der Waals surface area contributed by atoms with Gasteiger partial charge in [0, 0.05) is 39.6 Å². The van der Waals surface area contributed by atoms with Crippen molar-refractivity contribution in [2.45, 2.75) is 0 Å². The van der Waals surface area contributed by atoms with E-state index in [0.29, 0.717) is 17.6 Å². The summed E-state index contributed by atoms with van der Waals surface area (Å²) in [6, 6.07) is 50.0. The van der Waals surface area contributed by atoms with E-state index in [-0.39, 0.29) is 6.71 Å². The monoisotopic (exact) mass is 589 g/mol. The van der Waals surface area contributed by atoms with Crippen LogP contribution in [0.5, 0.6) is 11.5 Å². The van der Waals surface area contributed by atoms with Gasteiger partial charge in [0.15, 0.2) is 11.6 Å². The van der Waals surface area contributed by atoms with Gasteiger partial charge in [-0.2, -0.15) is 9.97 Å². The maximum absolute atomic E-state index is 6.70. The molecule has 0 amide bonds. The number of aromatic nitrogens is 3. The summed E-state index contributed by atoms with van der Waals surface area (Å²) in [5, 5.41) is 0. The molecule has 0 aliphatic carbocycles. The van der Waals surface area contributed by atoms with Gasteiger partial charge in [-0.15, -0.1) is 0 Å². The second kappa shape index (κ2) is 9.65. The molecular weight excluding hydrogens is 565 g/mol. The Bertz CT molecular complexity index is 2260. The van der Waals surface area contributed by atoms with Crippen molar-refractivity contribution in [1.82, 2.24) is 15.0 Å². The third-order valence-corrected chi connectivity index (χ3v) is 9.10. The molecule has 7 aromatic rings. The van der Waals surface area contributed by atoms with Crippen molar-refractivity contribution in [3.8, 4) is 34.3 Å². The van der Waals surface area contributed by atoms with Crippen LogP contribution in [0, 0.1) is 0 Å². The molecule has 0 unspecified atom stereocenters. The molecule has 1 aromatic heterocycles. The van der Waals surface area contributed by atoms with Gasteiger partial charge in [0.2, 0.25) is 5.95 Å². The number of rotatable bonds is 4. The zero-order chi connectivity index (χ0) is 30.2. The van der Waals surface area contributed by atoms with Crippen molar-refractivity contribution in [3.63, 3.8) is 0 Å². The Balaban J connectivity index is 1.28. The van der Waals surface area contributed by atoms with Crippen LogP contribution >= 0.6 is 0 Å². The third kappa shape index (κ3) is 3.57. The number of hydrogen-bond acceptors (Lipinski definition) is 6. The third-order valence-electron chi connectivity index (χ3n) is 9.10. The van der Waals surface area contributed by atoms with Gasteiger partial charge in [-0.3, -0.25) is 4.90 Å². The predicted octanol–water partition coefficient (Wildman–Crippen LogP) is 7.39. The fourth-order valence-electron chi connectivity index (χ4n) is 7.22.